The van der Waals surface area contributed by atoms with Crippen molar-refractivity contribution in [1.29, 1.82) is 0 Å². The molecule has 0 spiro atoms. The standard InChI is InChI=1S/C14H12FNO2S/c1-8-7-10(15)3-4-11(8)16-14(18)13-6-5-12(19-13)9(2)17/h3-7H,1-2H3,(H,16,18). The summed E-state index contributed by atoms with van der Waals surface area (Å²) in [5.41, 5.74) is 1.21. The second kappa shape index (κ2) is 5.32. The summed E-state index contributed by atoms with van der Waals surface area (Å²) >= 11 is 1.14. The van der Waals surface area contributed by atoms with Crippen molar-refractivity contribution >= 4 is 28.7 Å². The molecule has 3 nitrogen and oxygen atoms in total. The van der Waals surface area contributed by atoms with Crippen molar-refractivity contribution in [3.8, 4) is 0 Å². The number of hydrogen-bond acceptors (Lipinski definition) is 3. The maximum Gasteiger partial charge on any atom is 0.265 e. The highest BCUT2D eigenvalue weighted by atomic mass is 32.1. The number of carbonyl (C=O) groups excluding carboxylic acids is 2. The van der Waals surface area contributed by atoms with Gasteiger partial charge in [-0.05, 0) is 49.7 Å². The van der Waals surface area contributed by atoms with Gasteiger partial charge in [0.05, 0.1) is 9.75 Å². The van der Waals surface area contributed by atoms with Crippen LogP contribution in [0.1, 0.15) is 31.8 Å². The average molecular weight is 277 g/mol. The van der Waals surface area contributed by atoms with E-state index in [0.717, 1.165) is 11.3 Å². The maximum absolute atomic E-state index is 13.0. The molecule has 1 amide bonds. The summed E-state index contributed by atoms with van der Waals surface area (Å²) < 4.78 is 13.0. The molecule has 1 N–H and O–H groups in total. The number of thiophene rings is 1. The van der Waals surface area contributed by atoms with Gasteiger partial charge in [0.25, 0.3) is 5.91 Å². The Balaban J connectivity index is 2.18. The fourth-order valence-electron chi connectivity index (χ4n) is 1.60. The van der Waals surface area contributed by atoms with E-state index < -0.39 is 0 Å². The van der Waals surface area contributed by atoms with E-state index in [-0.39, 0.29) is 17.5 Å². The molecule has 0 radical (unpaired) electrons. The number of Topliss-reactive ketones (excluding diaryl/α,β-unsaturated/α-hetero) is 1. The number of rotatable bonds is 3. The number of nitrogens with one attached hydrogen (secondary N) is 1. The summed E-state index contributed by atoms with van der Waals surface area (Å²) in [4.78, 5) is 24.1. The predicted octanol–water partition coefficient (Wildman–Crippen LogP) is 3.65. The first-order valence-electron chi connectivity index (χ1n) is 5.65. The van der Waals surface area contributed by atoms with Crippen LogP contribution in [0.2, 0.25) is 0 Å². The van der Waals surface area contributed by atoms with Gasteiger partial charge in [0.1, 0.15) is 5.82 Å². The third-order valence-electron chi connectivity index (χ3n) is 2.61. The molecule has 98 valence electrons. The molecule has 0 fully saturated rings. The Morgan fingerprint density at radius 3 is 2.42 bits per heavy atom. The summed E-state index contributed by atoms with van der Waals surface area (Å²) in [7, 11) is 0. The molecule has 0 atom stereocenters. The summed E-state index contributed by atoms with van der Waals surface area (Å²) in [6.45, 7) is 3.17. The molecule has 1 aromatic heterocycles. The van der Waals surface area contributed by atoms with E-state index in [1.165, 1.54) is 25.1 Å². The van der Waals surface area contributed by atoms with Crippen LogP contribution in [0, 0.1) is 12.7 Å². The van der Waals surface area contributed by atoms with Crippen LogP contribution < -0.4 is 5.32 Å². The molecule has 2 aromatic rings. The predicted molar refractivity (Wildman–Crippen MR) is 73.4 cm³/mol. The normalized spacial score (nSPS) is 10.3. The highest BCUT2D eigenvalue weighted by Gasteiger charge is 2.12. The fraction of sp³-hybridized carbons (Fsp3) is 0.143. The van der Waals surface area contributed by atoms with Crippen LogP contribution in [0.25, 0.3) is 0 Å². The third kappa shape index (κ3) is 3.06. The molecule has 0 aliphatic heterocycles. The SMILES string of the molecule is CC(=O)c1ccc(C(=O)Nc2ccc(F)cc2C)s1. The van der Waals surface area contributed by atoms with Gasteiger partial charge < -0.3 is 5.32 Å². The van der Waals surface area contributed by atoms with E-state index in [0.29, 0.717) is 21.0 Å². The van der Waals surface area contributed by atoms with E-state index in [9.17, 15) is 14.0 Å². The minimum atomic E-state index is -0.342. The molecule has 1 aromatic carbocycles. The average Bonchev–Trinajstić information content (AvgIpc) is 2.82. The lowest BCUT2D eigenvalue weighted by Gasteiger charge is -2.06. The number of halogens is 1. The van der Waals surface area contributed by atoms with Crippen LogP contribution in [0.15, 0.2) is 30.3 Å². The minimum absolute atomic E-state index is 0.0676. The van der Waals surface area contributed by atoms with Gasteiger partial charge >= 0.3 is 0 Å². The first kappa shape index (κ1) is 13.4. The Hall–Kier alpha value is -2.01. The van der Waals surface area contributed by atoms with Crippen molar-refractivity contribution in [1.82, 2.24) is 0 Å². The topological polar surface area (TPSA) is 46.2 Å². The van der Waals surface area contributed by atoms with E-state index in [2.05, 4.69) is 5.32 Å². The van der Waals surface area contributed by atoms with Crippen LogP contribution in [0.4, 0.5) is 10.1 Å². The van der Waals surface area contributed by atoms with Crippen molar-refractivity contribution in [2.75, 3.05) is 5.32 Å². The first-order chi connectivity index (χ1) is 8.97. The fourth-order valence-corrected chi connectivity index (χ4v) is 2.40. The molecular weight excluding hydrogens is 265 g/mol. The summed E-state index contributed by atoms with van der Waals surface area (Å²) in [6, 6.07) is 7.39. The van der Waals surface area contributed by atoms with Gasteiger partial charge in [-0.2, -0.15) is 0 Å². The molecule has 0 aliphatic carbocycles. The number of aryl methyl sites for hydroxylation is 1. The number of benzene rings is 1. The quantitative estimate of drug-likeness (QED) is 0.870. The number of carbonyl (C=O) groups is 2. The smallest absolute Gasteiger partial charge is 0.265 e. The van der Waals surface area contributed by atoms with Crippen molar-refractivity contribution < 1.29 is 14.0 Å². The number of anilines is 1. The Bertz CT molecular complexity index is 649. The van der Waals surface area contributed by atoms with E-state index >= 15 is 0 Å². The third-order valence-corrected chi connectivity index (χ3v) is 3.80. The van der Waals surface area contributed by atoms with Crippen molar-refractivity contribution in [2.45, 2.75) is 13.8 Å². The summed E-state index contributed by atoms with van der Waals surface area (Å²) in [5.74, 6) is -0.709. The van der Waals surface area contributed by atoms with Gasteiger partial charge in [-0.25, -0.2) is 4.39 Å². The second-order valence-corrected chi connectivity index (χ2v) is 5.22. The van der Waals surface area contributed by atoms with Crippen LogP contribution in [-0.4, -0.2) is 11.7 Å². The molecular formula is C14H12FNO2S. The first-order valence-corrected chi connectivity index (χ1v) is 6.47. The molecule has 2 rings (SSSR count). The van der Waals surface area contributed by atoms with Gasteiger partial charge in [-0.1, -0.05) is 0 Å². The van der Waals surface area contributed by atoms with Crippen molar-refractivity contribution in [3.05, 3.63) is 51.5 Å². The van der Waals surface area contributed by atoms with E-state index in [1.807, 2.05) is 0 Å². The number of hydrogen-bond donors (Lipinski definition) is 1. The molecule has 5 heteroatoms. The zero-order valence-electron chi connectivity index (χ0n) is 10.5. The van der Waals surface area contributed by atoms with Crippen LogP contribution >= 0.6 is 11.3 Å². The van der Waals surface area contributed by atoms with E-state index in [4.69, 9.17) is 0 Å². The highest BCUT2D eigenvalue weighted by molar-refractivity contribution is 7.16. The van der Waals surface area contributed by atoms with Crippen LogP contribution in [0.5, 0.6) is 0 Å². The molecule has 0 unspecified atom stereocenters. The molecule has 0 bridgehead atoms. The Labute approximate surface area is 114 Å². The second-order valence-electron chi connectivity index (χ2n) is 4.13. The minimum Gasteiger partial charge on any atom is -0.321 e. The molecule has 19 heavy (non-hydrogen) atoms. The lowest BCUT2D eigenvalue weighted by atomic mass is 10.2. The molecule has 0 saturated heterocycles. The Morgan fingerprint density at radius 1 is 1.16 bits per heavy atom. The van der Waals surface area contributed by atoms with Crippen LogP contribution in [-0.2, 0) is 0 Å². The maximum atomic E-state index is 13.0. The summed E-state index contributed by atoms with van der Waals surface area (Å²) in [6.07, 6.45) is 0. The van der Waals surface area contributed by atoms with Crippen molar-refractivity contribution in [2.24, 2.45) is 0 Å². The zero-order valence-corrected chi connectivity index (χ0v) is 11.3. The highest BCUT2D eigenvalue weighted by Crippen LogP contribution is 2.20. The summed E-state index contributed by atoms with van der Waals surface area (Å²) in [5, 5.41) is 2.70. The van der Waals surface area contributed by atoms with Gasteiger partial charge in [0.2, 0.25) is 0 Å². The Morgan fingerprint density at radius 2 is 1.84 bits per heavy atom. The zero-order chi connectivity index (χ0) is 14.0. The van der Waals surface area contributed by atoms with E-state index in [1.54, 1.807) is 19.1 Å². The van der Waals surface area contributed by atoms with Gasteiger partial charge in [-0.15, -0.1) is 11.3 Å². The molecule has 1 heterocycles. The lowest BCUT2D eigenvalue weighted by molar-refractivity contribution is 0.101. The lowest BCUT2D eigenvalue weighted by Crippen LogP contribution is -2.11. The van der Waals surface area contributed by atoms with Crippen molar-refractivity contribution in [3.63, 3.8) is 0 Å². The Kier molecular flexibility index (Phi) is 3.76. The van der Waals surface area contributed by atoms with Gasteiger partial charge in [0.15, 0.2) is 5.78 Å². The van der Waals surface area contributed by atoms with Gasteiger partial charge in [0, 0.05) is 5.69 Å². The largest absolute Gasteiger partial charge is 0.321 e. The monoisotopic (exact) mass is 277 g/mol. The van der Waals surface area contributed by atoms with Crippen LogP contribution in [0.3, 0.4) is 0 Å². The van der Waals surface area contributed by atoms with Gasteiger partial charge in [-0.3, -0.25) is 9.59 Å². The molecule has 0 saturated carbocycles. The molecule has 0 aliphatic rings. The number of amides is 1. The number of ketones is 1.